The van der Waals surface area contributed by atoms with Crippen molar-refractivity contribution >= 4 is 11.6 Å². The molecule has 0 fully saturated rings. The molecule has 1 aromatic rings. The molecule has 0 bridgehead atoms. The molecule has 1 rings (SSSR count). The summed E-state index contributed by atoms with van der Waals surface area (Å²) in [7, 11) is 0. The average molecular weight is 220 g/mol. The van der Waals surface area contributed by atoms with Crippen LogP contribution in [-0.2, 0) is 6.42 Å². The van der Waals surface area contributed by atoms with Crippen LogP contribution in [-0.4, -0.2) is 12.2 Å². The van der Waals surface area contributed by atoms with Crippen molar-refractivity contribution in [3.63, 3.8) is 0 Å². The van der Waals surface area contributed by atoms with Gasteiger partial charge in [0.05, 0.1) is 0 Å². The van der Waals surface area contributed by atoms with Crippen molar-refractivity contribution in [2.75, 3.05) is 6.54 Å². The molecular formula is C10H12ClF2N. The van der Waals surface area contributed by atoms with E-state index >= 15 is 0 Å². The van der Waals surface area contributed by atoms with E-state index in [-0.39, 0.29) is 13.0 Å². The van der Waals surface area contributed by atoms with Gasteiger partial charge in [0.15, 0.2) is 0 Å². The van der Waals surface area contributed by atoms with Crippen molar-refractivity contribution in [2.24, 2.45) is 5.73 Å². The Balaban J connectivity index is 2.87. The second kappa shape index (κ2) is 4.24. The maximum Gasteiger partial charge on any atom is 0.127 e. The van der Waals surface area contributed by atoms with Crippen molar-refractivity contribution in [1.82, 2.24) is 0 Å². The summed E-state index contributed by atoms with van der Waals surface area (Å²) < 4.78 is 26.7. The van der Waals surface area contributed by atoms with E-state index in [9.17, 15) is 8.78 Å². The Bertz CT molecular complexity index is 326. The second-order valence-corrected chi connectivity index (χ2v) is 3.97. The molecular weight excluding hydrogens is 208 g/mol. The van der Waals surface area contributed by atoms with Gasteiger partial charge in [0.1, 0.15) is 11.5 Å². The highest BCUT2D eigenvalue weighted by Crippen LogP contribution is 2.21. The van der Waals surface area contributed by atoms with E-state index in [4.69, 9.17) is 17.3 Å². The molecule has 0 aliphatic heterocycles. The topological polar surface area (TPSA) is 26.0 Å². The van der Waals surface area contributed by atoms with Gasteiger partial charge in [-0.15, -0.1) is 0 Å². The first-order valence-electron chi connectivity index (χ1n) is 4.27. The van der Waals surface area contributed by atoms with E-state index in [1.807, 2.05) is 0 Å². The van der Waals surface area contributed by atoms with E-state index in [0.29, 0.717) is 10.6 Å². The van der Waals surface area contributed by atoms with Gasteiger partial charge >= 0.3 is 0 Å². The zero-order valence-electron chi connectivity index (χ0n) is 7.86. The lowest BCUT2D eigenvalue weighted by Gasteiger charge is -2.18. The van der Waals surface area contributed by atoms with Gasteiger partial charge in [-0.2, -0.15) is 0 Å². The summed E-state index contributed by atoms with van der Waals surface area (Å²) in [5, 5.41) is 0.305. The first-order valence-corrected chi connectivity index (χ1v) is 4.65. The van der Waals surface area contributed by atoms with Crippen molar-refractivity contribution in [3.8, 4) is 0 Å². The Morgan fingerprint density at radius 1 is 1.50 bits per heavy atom. The second-order valence-electron chi connectivity index (χ2n) is 3.53. The molecule has 4 heteroatoms. The molecule has 0 aliphatic carbocycles. The molecule has 78 valence electrons. The van der Waals surface area contributed by atoms with Crippen molar-refractivity contribution in [3.05, 3.63) is 34.6 Å². The lowest BCUT2D eigenvalue weighted by molar-refractivity contribution is 0.198. The van der Waals surface area contributed by atoms with Crippen LogP contribution in [0.15, 0.2) is 18.2 Å². The highest BCUT2D eigenvalue weighted by atomic mass is 35.5. The number of benzene rings is 1. The fraction of sp³-hybridized carbons (Fsp3) is 0.400. The molecule has 1 nitrogen and oxygen atoms in total. The summed E-state index contributed by atoms with van der Waals surface area (Å²) in [6.07, 6.45) is -0.0352. The molecule has 14 heavy (non-hydrogen) atoms. The Kier molecular flexibility index (Phi) is 3.45. The monoisotopic (exact) mass is 219 g/mol. The maximum atomic E-state index is 13.5. The van der Waals surface area contributed by atoms with E-state index in [2.05, 4.69) is 0 Å². The Labute approximate surface area is 86.9 Å². The highest BCUT2D eigenvalue weighted by Gasteiger charge is 2.23. The van der Waals surface area contributed by atoms with Gasteiger partial charge in [0.2, 0.25) is 0 Å². The quantitative estimate of drug-likeness (QED) is 0.831. The fourth-order valence-electron chi connectivity index (χ4n) is 1.13. The average Bonchev–Trinajstić information content (AvgIpc) is 2.10. The number of alkyl halides is 1. The summed E-state index contributed by atoms with van der Waals surface area (Å²) in [5.74, 6) is -0.491. The SMILES string of the molecule is CC(F)(CN)Cc1ccc(Cl)cc1F. The molecule has 0 saturated carbocycles. The molecule has 2 N–H and O–H groups in total. The van der Waals surface area contributed by atoms with E-state index < -0.39 is 11.5 Å². The number of nitrogens with two attached hydrogens (primary N) is 1. The lowest BCUT2D eigenvalue weighted by Crippen LogP contribution is -2.32. The maximum absolute atomic E-state index is 13.5. The third kappa shape index (κ3) is 2.93. The largest absolute Gasteiger partial charge is 0.328 e. The number of hydrogen-bond acceptors (Lipinski definition) is 1. The van der Waals surface area contributed by atoms with Crippen LogP contribution in [0.5, 0.6) is 0 Å². The molecule has 0 radical (unpaired) electrons. The van der Waals surface area contributed by atoms with Crippen molar-refractivity contribution in [2.45, 2.75) is 19.0 Å². The molecule has 1 unspecified atom stereocenters. The summed E-state index contributed by atoms with van der Waals surface area (Å²) in [6, 6.07) is 4.18. The van der Waals surface area contributed by atoms with Gasteiger partial charge in [-0.1, -0.05) is 17.7 Å². The summed E-state index contributed by atoms with van der Waals surface area (Å²) in [5.41, 5.74) is 3.93. The van der Waals surface area contributed by atoms with Crippen LogP contribution in [0.3, 0.4) is 0 Å². The third-order valence-electron chi connectivity index (χ3n) is 2.00. The van der Waals surface area contributed by atoms with Crippen LogP contribution >= 0.6 is 11.6 Å². The minimum absolute atomic E-state index is 0.0352. The van der Waals surface area contributed by atoms with E-state index in [1.165, 1.54) is 25.1 Å². The minimum atomic E-state index is -1.57. The Morgan fingerprint density at radius 2 is 2.14 bits per heavy atom. The first-order chi connectivity index (χ1) is 6.44. The lowest BCUT2D eigenvalue weighted by atomic mass is 9.98. The van der Waals surface area contributed by atoms with Gasteiger partial charge in [0, 0.05) is 18.0 Å². The molecule has 0 aliphatic rings. The summed E-state index contributed by atoms with van der Waals surface area (Å²) in [6.45, 7) is 1.22. The van der Waals surface area contributed by atoms with Crippen LogP contribution in [0.1, 0.15) is 12.5 Å². The van der Waals surface area contributed by atoms with Crippen LogP contribution in [0.2, 0.25) is 5.02 Å². The molecule has 0 saturated heterocycles. The Morgan fingerprint density at radius 3 is 2.64 bits per heavy atom. The van der Waals surface area contributed by atoms with Gasteiger partial charge in [0.25, 0.3) is 0 Å². The molecule has 1 aromatic carbocycles. The van der Waals surface area contributed by atoms with Gasteiger partial charge in [-0.25, -0.2) is 8.78 Å². The predicted octanol–water partition coefficient (Wildman–Crippen LogP) is 2.71. The standard InChI is InChI=1S/C10H12ClF2N/c1-10(13,6-14)5-7-2-3-8(11)4-9(7)12/h2-4H,5-6,14H2,1H3. The molecule has 0 spiro atoms. The van der Waals surface area contributed by atoms with Crippen LogP contribution in [0, 0.1) is 5.82 Å². The van der Waals surface area contributed by atoms with Crippen LogP contribution in [0.25, 0.3) is 0 Å². The summed E-state index contributed by atoms with van der Waals surface area (Å²) in [4.78, 5) is 0. The summed E-state index contributed by atoms with van der Waals surface area (Å²) >= 11 is 5.56. The molecule has 0 amide bonds. The van der Waals surface area contributed by atoms with Crippen molar-refractivity contribution in [1.29, 1.82) is 0 Å². The van der Waals surface area contributed by atoms with E-state index in [0.717, 1.165) is 0 Å². The normalized spacial score (nSPS) is 15.2. The zero-order chi connectivity index (χ0) is 10.8. The molecule has 0 aromatic heterocycles. The van der Waals surface area contributed by atoms with Crippen molar-refractivity contribution < 1.29 is 8.78 Å². The minimum Gasteiger partial charge on any atom is -0.328 e. The van der Waals surface area contributed by atoms with Gasteiger partial charge in [-0.3, -0.25) is 0 Å². The first kappa shape index (κ1) is 11.4. The highest BCUT2D eigenvalue weighted by molar-refractivity contribution is 6.30. The number of rotatable bonds is 3. The fourth-order valence-corrected chi connectivity index (χ4v) is 1.29. The van der Waals surface area contributed by atoms with Crippen LogP contribution in [0.4, 0.5) is 8.78 Å². The molecule has 1 atom stereocenters. The number of hydrogen-bond donors (Lipinski definition) is 1. The van der Waals surface area contributed by atoms with Crippen LogP contribution < -0.4 is 5.73 Å². The Hall–Kier alpha value is -0.670. The third-order valence-corrected chi connectivity index (χ3v) is 2.23. The van der Waals surface area contributed by atoms with Gasteiger partial charge in [-0.05, 0) is 24.6 Å². The number of halogens is 3. The predicted molar refractivity (Wildman–Crippen MR) is 53.7 cm³/mol. The molecule has 0 heterocycles. The van der Waals surface area contributed by atoms with E-state index in [1.54, 1.807) is 0 Å². The zero-order valence-corrected chi connectivity index (χ0v) is 8.61. The smallest absolute Gasteiger partial charge is 0.127 e. The van der Waals surface area contributed by atoms with Gasteiger partial charge < -0.3 is 5.73 Å².